The van der Waals surface area contributed by atoms with Gasteiger partial charge < -0.3 is 5.32 Å². The molecule has 1 aromatic carbocycles. The van der Waals surface area contributed by atoms with Gasteiger partial charge in [0.25, 0.3) is 10.0 Å². The summed E-state index contributed by atoms with van der Waals surface area (Å²) in [4.78, 5) is 1.02. The first kappa shape index (κ1) is 16.5. The van der Waals surface area contributed by atoms with Crippen molar-refractivity contribution in [3.8, 4) is 0 Å². The summed E-state index contributed by atoms with van der Waals surface area (Å²) in [7, 11) is -1.99. The second-order valence-electron chi connectivity index (χ2n) is 4.14. The second kappa shape index (κ2) is 6.50. The van der Waals surface area contributed by atoms with Gasteiger partial charge in [-0.25, -0.2) is 12.8 Å². The van der Waals surface area contributed by atoms with Crippen LogP contribution in [-0.2, 0) is 16.6 Å². The van der Waals surface area contributed by atoms with Gasteiger partial charge in [0.2, 0.25) is 0 Å². The van der Waals surface area contributed by atoms with E-state index in [1.54, 1.807) is 13.1 Å². The van der Waals surface area contributed by atoms with Gasteiger partial charge in [-0.1, -0.05) is 23.2 Å². The molecule has 114 valence electrons. The zero-order valence-corrected chi connectivity index (χ0v) is 13.9. The molecule has 0 bridgehead atoms. The molecule has 21 heavy (non-hydrogen) atoms. The summed E-state index contributed by atoms with van der Waals surface area (Å²) in [5.41, 5.74) is 0.104. The number of thiophene rings is 1. The Morgan fingerprint density at radius 1 is 1.24 bits per heavy atom. The lowest BCUT2D eigenvalue weighted by Crippen LogP contribution is -2.12. The molecular weight excluding hydrogens is 358 g/mol. The van der Waals surface area contributed by atoms with Crippen LogP contribution in [0.1, 0.15) is 4.88 Å². The van der Waals surface area contributed by atoms with Crippen LogP contribution in [0.5, 0.6) is 0 Å². The van der Waals surface area contributed by atoms with Gasteiger partial charge in [0, 0.05) is 16.8 Å². The van der Waals surface area contributed by atoms with Crippen molar-refractivity contribution in [2.45, 2.75) is 11.4 Å². The number of hydrogen-bond donors (Lipinski definition) is 2. The van der Waals surface area contributed by atoms with Crippen LogP contribution in [0, 0.1) is 5.82 Å². The summed E-state index contributed by atoms with van der Waals surface area (Å²) in [5.74, 6) is -0.784. The van der Waals surface area contributed by atoms with Crippen LogP contribution in [0.2, 0.25) is 10.0 Å². The minimum Gasteiger partial charge on any atom is -0.315 e. The lowest BCUT2D eigenvalue weighted by molar-refractivity contribution is 0.601. The highest BCUT2D eigenvalue weighted by atomic mass is 35.5. The average molecular weight is 369 g/mol. The van der Waals surface area contributed by atoms with E-state index in [4.69, 9.17) is 23.2 Å². The standard InChI is InChI=1S/C12H11Cl2FN2O2S2/c1-16-5-8-4-9(6-20-8)21(18,19)17-7-2-10(13)12(15)11(14)3-7/h2-4,6,16-17H,5H2,1H3. The van der Waals surface area contributed by atoms with Crippen molar-refractivity contribution < 1.29 is 12.8 Å². The number of hydrogen-bond acceptors (Lipinski definition) is 4. The SMILES string of the molecule is CNCc1cc(S(=O)(=O)Nc2cc(Cl)c(F)c(Cl)c2)cs1. The predicted octanol–water partition coefficient (Wildman–Crippen LogP) is 3.71. The first-order valence-corrected chi connectivity index (χ1v) is 8.84. The van der Waals surface area contributed by atoms with Gasteiger partial charge in [0.15, 0.2) is 5.82 Å². The first-order chi connectivity index (χ1) is 9.83. The fourth-order valence-corrected chi connectivity index (χ4v) is 4.41. The van der Waals surface area contributed by atoms with E-state index in [-0.39, 0.29) is 20.6 Å². The molecule has 1 heterocycles. The van der Waals surface area contributed by atoms with Crippen molar-refractivity contribution in [1.29, 1.82) is 0 Å². The summed E-state index contributed by atoms with van der Waals surface area (Å²) in [6, 6.07) is 3.90. The van der Waals surface area contributed by atoms with Crippen molar-refractivity contribution in [2.75, 3.05) is 11.8 Å². The quantitative estimate of drug-likeness (QED) is 0.790. The molecule has 2 rings (SSSR count). The molecule has 2 N–H and O–H groups in total. The summed E-state index contributed by atoms with van der Waals surface area (Å²) in [5, 5.41) is 3.97. The van der Waals surface area contributed by atoms with Gasteiger partial charge in [-0.3, -0.25) is 4.72 Å². The number of anilines is 1. The molecule has 9 heteroatoms. The lowest BCUT2D eigenvalue weighted by atomic mass is 10.3. The number of benzene rings is 1. The number of sulfonamides is 1. The van der Waals surface area contributed by atoms with Gasteiger partial charge in [0.05, 0.1) is 20.6 Å². The Kier molecular flexibility index (Phi) is 5.11. The number of halogens is 3. The van der Waals surface area contributed by atoms with E-state index in [1.165, 1.54) is 28.8 Å². The Balaban J connectivity index is 2.28. The largest absolute Gasteiger partial charge is 0.315 e. The third kappa shape index (κ3) is 3.87. The van der Waals surface area contributed by atoms with Crippen LogP contribution in [0.25, 0.3) is 0 Å². The van der Waals surface area contributed by atoms with Gasteiger partial charge in [-0.15, -0.1) is 11.3 Å². The van der Waals surface area contributed by atoms with Crippen molar-refractivity contribution in [1.82, 2.24) is 5.32 Å². The van der Waals surface area contributed by atoms with E-state index < -0.39 is 15.8 Å². The van der Waals surface area contributed by atoms with Gasteiger partial charge in [-0.2, -0.15) is 0 Å². The molecular formula is C12H11Cl2FN2O2S2. The van der Waals surface area contributed by atoms with Crippen LogP contribution >= 0.6 is 34.5 Å². The van der Waals surface area contributed by atoms with Gasteiger partial charge >= 0.3 is 0 Å². The van der Waals surface area contributed by atoms with E-state index in [1.807, 2.05) is 0 Å². The van der Waals surface area contributed by atoms with Crippen LogP contribution in [0.4, 0.5) is 10.1 Å². The highest BCUT2D eigenvalue weighted by Gasteiger charge is 2.18. The Morgan fingerprint density at radius 2 is 1.86 bits per heavy atom. The van der Waals surface area contributed by atoms with Crippen LogP contribution in [0.3, 0.4) is 0 Å². The molecule has 1 aromatic heterocycles. The maximum atomic E-state index is 13.3. The third-order valence-electron chi connectivity index (χ3n) is 2.53. The fraction of sp³-hybridized carbons (Fsp3) is 0.167. The zero-order valence-electron chi connectivity index (χ0n) is 10.8. The number of rotatable bonds is 5. The topological polar surface area (TPSA) is 58.2 Å². The molecule has 0 radical (unpaired) electrons. The molecule has 0 unspecified atom stereocenters. The highest BCUT2D eigenvalue weighted by molar-refractivity contribution is 7.92. The van der Waals surface area contributed by atoms with Gasteiger partial charge in [-0.05, 0) is 25.2 Å². The van der Waals surface area contributed by atoms with E-state index in [0.717, 1.165) is 4.88 Å². The minimum absolute atomic E-state index is 0.104. The third-order valence-corrected chi connectivity index (χ3v) is 5.52. The Bertz CT molecular complexity index is 739. The molecule has 4 nitrogen and oxygen atoms in total. The van der Waals surface area contributed by atoms with Crippen molar-refractivity contribution in [3.63, 3.8) is 0 Å². The first-order valence-electron chi connectivity index (χ1n) is 5.73. The molecule has 0 aliphatic carbocycles. The summed E-state index contributed by atoms with van der Waals surface area (Å²) in [6.45, 7) is 0.578. The second-order valence-corrected chi connectivity index (χ2v) is 7.63. The fourth-order valence-electron chi connectivity index (χ4n) is 1.60. The minimum atomic E-state index is -3.76. The molecule has 0 amide bonds. The van der Waals surface area contributed by atoms with E-state index >= 15 is 0 Å². The molecule has 0 saturated carbocycles. The Morgan fingerprint density at radius 3 is 2.43 bits per heavy atom. The molecule has 0 fully saturated rings. The molecule has 0 saturated heterocycles. The lowest BCUT2D eigenvalue weighted by Gasteiger charge is -2.08. The normalized spacial score (nSPS) is 11.6. The smallest absolute Gasteiger partial charge is 0.262 e. The average Bonchev–Trinajstić information content (AvgIpc) is 2.85. The van der Waals surface area contributed by atoms with Crippen LogP contribution in [-0.4, -0.2) is 15.5 Å². The van der Waals surface area contributed by atoms with Gasteiger partial charge in [0.1, 0.15) is 0 Å². The van der Waals surface area contributed by atoms with Crippen molar-refractivity contribution >= 4 is 50.2 Å². The number of nitrogens with one attached hydrogen (secondary N) is 2. The molecule has 0 spiro atoms. The van der Waals surface area contributed by atoms with Crippen molar-refractivity contribution in [3.05, 3.63) is 44.3 Å². The van der Waals surface area contributed by atoms with E-state index in [9.17, 15) is 12.8 Å². The predicted molar refractivity (Wildman–Crippen MR) is 84.3 cm³/mol. The summed E-state index contributed by atoms with van der Waals surface area (Å²) in [6.07, 6.45) is 0. The zero-order chi connectivity index (χ0) is 15.6. The van der Waals surface area contributed by atoms with Crippen molar-refractivity contribution in [2.24, 2.45) is 0 Å². The molecule has 0 aliphatic rings. The molecule has 0 aliphatic heterocycles. The molecule has 0 atom stereocenters. The summed E-state index contributed by atoms with van der Waals surface area (Å²) >= 11 is 12.6. The van der Waals surface area contributed by atoms with E-state index in [0.29, 0.717) is 6.54 Å². The maximum Gasteiger partial charge on any atom is 0.262 e. The van der Waals surface area contributed by atoms with Crippen LogP contribution in [0.15, 0.2) is 28.5 Å². The molecule has 2 aromatic rings. The Labute approximate surface area is 135 Å². The highest BCUT2D eigenvalue weighted by Crippen LogP contribution is 2.29. The Hall–Kier alpha value is -0.860. The monoisotopic (exact) mass is 368 g/mol. The maximum absolute atomic E-state index is 13.3. The van der Waals surface area contributed by atoms with Crippen LogP contribution < -0.4 is 10.0 Å². The summed E-state index contributed by atoms with van der Waals surface area (Å²) < 4.78 is 40.1. The van der Waals surface area contributed by atoms with E-state index in [2.05, 4.69) is 10.0 Å².